The van der Waals surface area contributed by atoms with Crippen molar-refractivity contribution in [3.05, 3.63) is 34.1 Å². The highest BCUT2D eigenvalue weighted by Crippen LogP contribution is 2.35. The first kappa shape index (κ1) is 13.9. The van der Waals surface area contributed by atoms with Crippen molar-refractivity contribution in [2.24, 2.45) is 5.73 Å². The van der Waals surface area contributed by atoms with Crippen molar-refractivity contribution in [1.29, 1.82) is 0 Å². The third-order valence-electron chi connectivity index (χ3n) is 3.78. The van der Waals surface area contributed by atoms with E-state index in [4.69, 9.17) is 33.5 Å². The predicted octanol–water partition coefficient (Wildman–Crippen LogP) is 4.16. The summed E-state index contributed by atoms with van der Waals surface area (Å²) in [6, 6.07) is 5.17. The normalized spacial score (nSPS) is 18.1. The van der Waals surface area contributed by atoms with Gasteiger partial charge in [0, 0.05) is 5.02 Å². The number of nitrogens with two attached hydrogens (primary N) is 1. The molecule has 106 valence electrons. The number of hydrogen-bond donors (Lipinski definition) is 1. The van der Waals surface area contributed by atoms with Crippen LogP contribution in [0.4, 0.5) is 0 Å². The average molecular weight is 312 g/mol. The molecule has 2 aromatic rings. The fourth-order valence-electron chi connectivity index (χ4n) is 2.60. The Morgan fingerprint density at radius 2 is 1.90 bits per heavy atom. The van der Waals surface area contributed by atoms with Crippen molar-refractivity contribution < 1.29 is 4.52 Å². The lowest BCUT2D eigenvalue weighted by atomic mass is 9.82. The van der Waals surface area contributed by atoms with E-state index in [1.165, 1.54) is 6.42 Å². The van der Waals surface area contributed by atoms with Crippen molar-refractivity contribution in [2.45, 2.75) is 37.6 Å². The Morgan fingerprint density at radius 1 is 1.15 bits per heavy atom. The van der Waals surface area contributed by atoms with Crippen molar-refractivity contribution in [2.75, 3.05) is 0 Å². The van der Waals surface area contributed by atoms with E-state index in [0.717, 1.165) is 25.7 Å². The zero-order valence-electron chi connectivity index (χ0n) is 10.9. The zero-order valence-corrected chi connectivity index (χ0v) is 12.4. The van der Waals surface area contributed by atoms with Gasteiger partial charge in [-0.1, -0.05) is 47.6 Å². The molecule has 0 unspecified atom stereocenters. The molecule has 3 rings (SSSR count). The van der Waals surface area contributed by atoms with E-state index in [9.17, 15) is 0 Å². The molecular weight excluding hydrogens is 297 g/mol. The standard InChI is InChI=1S/C14H15Cl2N3O/c15-9-4-5-10(11(16)8-9)12-18-13(19-20-12)14(17)6-2-1-3-7-14/h4-5,8H,1-3,6-7,17H2. The van der Waals surface area contributed by atoms with Crippen molar-refractivity contribution in [1.82, 2.24) is 10.1 Å². The van der Waals surface area contributed by atoms with E-state index in [0.29, 0.717) is 27.3 Å². The van der Waals surface area contributed by atoms with Crippen molar-refractivity contribution in [3.8, 4) is 11.5 Å². The Bertz CT molecular complexity index is 621. The van der Waals surface area contributed by atoms with Crippen LogP contribution in [0.5, 0.6) is 0 Å². The largest absolute Gasteiger partial charge is 0.334 e. The van der Waals surface area contributed by atoms with E-state index in [-0.39, 0.29) is 0 Å². The topological polar surface area (TPSA) is 64.9 Å². The second-order valence-corrected chi connectivity index (χ2v) is 6.11. The molecule has 0 amide bonds. The van der Waals surface area contributed by atoms with Crippen LogP contribution in [0.15, 0.2) is 22.7 Å². The van der Waals surface area contributed by atoms with Crippen LogP contribution in [0.25, 0.3) is 11.5 Å². The van der Waals surface area contributed by atoms with Gasteiger partial charge >= 0.3 is 0 Å². The van der Waals surface area contributed by atoms with Gasteiger partial charge in [-0.25, -0.2) is 0 Å². The highest BCUT2D eigenvalue weighted by molar-refractivity contribution is 6.36. The summed E-state index contributed by atoms with van der Waals surface area (Å²) in [5, 5.41) is 5.11. The maximum Gasteiger partial charge on any atom is 0.259 e. The SMILES string of the molecule is NC1(c2noc(-c3ccc(Cl)cc3Cl)n2)CCCCC1. The number of aromatic nitrogens is 2. The molecule has 20 heavy (non-hydrogen) atoms. The van der Waals surface area contributed by atoms with E-state index in [1.807, 2.05) is 0 Å². The van der Waals surface area contributed by atoms with Gasteiger partial charge in [-0.05, 0) is 31.0 Å². The van der Waals surface area contributed by atoms with Gasteiger partial charge < -0.3 is 10.3 Å². The Labute approximate surface area is 127 Å². The number of rotatable bonds is 2. The van der Waals surface area contributed by atoms with E-state index in [1.54, 1.807) is 18.2 Å². The van der Waals surface area contributed by atoms with E-state index >= 15 is 0 Å². The molecule has 1 fully saturated rings. The molecule has 1 heterocycles. The summed E-state index contributed by atoms with van der Waals surface area (Å²) in [5.74, 6) is 0.954. The summed E-state index contributed by atoms with van der Waals surface area (Å²) in [7, 11) is 0. The van der Waals surface area contributed by atoms with Crippen LogP contribution in [-0.2, 0) is 5.54 Å². The van der Waals surface area contributed by atoms with Gasteiger partial charge in [-0.2, -0.15) is 4.98 Å². The van der Waals surface area contributed by atoms with Crippen LogP contribution in [0.2, 0.25) is 10.0 Å². The number of hydrogen-bond acceptors (Lipinski definition) is 4. The van der Waals surface area contributed by atoms with E-state index < -0.39 is 5.54 Å². The van der Waals surface area contributed by atoms with Gasteiger partial charge in [-0.15, -0.1) is 0 Å². The molecule has 1 aromatic carbocycles. The third kappa shape index (κ3) is 2.55. The average Bonchev–Trinajstić information content (AvgIpc) is 2.90. The van der Waals surface area contributed by atoms with Crippen molar-refractivity contribution >= 4 is 23.2 Å². The molecule has 0 atom stereocenters. The first-order valence-electron chi connectivity index (χ1n) is 6.67. The molecule has 6 heteroatoms. The molecule has 0 radical (unpaired) electrons. The summed E-state index contributed by atoms with van der Waals surface area (Å²) >= 11 is 12.0. The number of benzene rings is 1. The minimum atomic E-state index is -0.473. The Balaban J connectivity index is 1.93. The fourth-order valence-corrected chi connectivity index (χ4v) is 3.09. The molecule has 0 bridgehead atoms. The molecule has 2 N–H and O–H groups in total. The monoisotopic (exact) mass is 311 g/mol. The summed E-state index contributed by atoms with van der Waals surface area (Å²) < 4.78 is 5.32. The lowest BCUT2D eigenvalue weighted by Crippen LogP contribution is -2.39. The smallest absolute Gasteiger partial charge is 0.259 e. The highest BCUT2D eigenvalue weighted by atomic mass is 35.5. The van der Waals surface area contributed by atoms with Gasteiger partial charge in [0.15, 0.2) is 5.82 Å². The zero-order chi connectivity index (χ0) is 14.2. The van der Waals surface area contributed by atoms with Crippen LogP contribution in [0.3, 0.4) is 0 Å². The second-order valence-electron chi connectivity index (χ2n) is 5.26. The maximum atomic E-state index is 6.39. The van der Waals surface area contributed by atoms with Gasteiger partial charge in [0.25, 0.3) is 5.89 Å². The van der Waals surface area contributed by atoms with Crippen LogP contribution < -0.4 is 5.73 Å². The summed E-state index contributed by atoms with van der Waals surface area (Å²) in [6.07, 6.45) is 5.19. The molecule has 4 nitrogen and oxygen atoms in total. The lowest BCUT2D eigenvalue weighted by Gasteiger charge is -2.29. The van der Waals surface area contributed by atoms with Gasteiger partial charge in [-0.3, -0.25) is 0 Å². The minimum Gasteiger partial charge on any atom is -0.334 e. The third-order valence-corrected chi connectivity index (χ3v) is 4.33. The fraction of sp³-hybridized carbons (Fsp3) is 0.429. The first-order valence-corrected chi connectivity index (χ1v) is 7.43. The summed E-state index contributed by atoms with van der Waals surface area (Å²) in [4.78, 5) is 4.44. The first-order chi connectivity index (χ1) is 9.58. The Morgan fingerprint density at radius 3 is 2.60 bits per heavy atom. The molecule has 1 aliphatic carbocycles. The molecule has 1 aromatic heterocycles. The van der Waals surface area contributed by atoms with Crippen LogP contribution in [0, 0.1) is 0 Å². The Kier molecular flexibility index (Phi) is 3.71. The number of halogens is 2. The molecule has 0 saturated heterocycles. The van der Waals surface area contributed by atoms with Gasteiger partial charge in [0.05, 0.1) is 16.1 Å². The Hall–Kier alpha value is -1.10. The van der Waals surface area contributed by atoms with E-state index in [2.05, 4.69) is 10.1 Å². The summed E-state index contributed by atoms with van der Waals surface area (Å²) in [5.41, 5.74) is 6.60. The molecular formula is C14H15Cl2N3O. The predicted molar refractivity (Wildman–Crippen MR) is 78.7 cm³/mol. The molecule has 0 spiro atoms. The van der Waals surface area contributed by atoms with Crippen LogP contribution in [0.1, 0.15) is 37.9 Å². The molecule has 1 aliphatic rings. The van der Waals surface area contributed by atoms with Gasteiger partial charge in [0.1, 0.15) is 0 Å². The van der Waals surface area contributed by atoms with Gasteiger partial charge in [0.2, 0.25) is 0 Å². The van der Waals surface area contributed by atoms with Crippen LogP contribution >= 0.6 is 23.2 Å². The maximum absolute atomic E-state index is 6.39. The molecule has 0 aliphatic heterocycles. The highest BCUT2D eigenvalue weighted by Gasteiger charge is 2.34. The van der Waals surface area contributed by atoms with Crippen LogP contribution in [-0.4, -0.2) is 10.1 Å². The quantitative estimate of drug-likeness (QED) is 0.904. The summed E-state index contributed by atoms with van der Waals surface area (Å²) in [6.45, 7) is 0. The van der Waals surface area contributed by atoms with Crippen molar-refractivity contribution in [3.63, 3.8) is 0 Å². The molecule has 1 saturated carbocycles. The number of nitrogens with zero attached hydrogens (tertiary/aromatic N) is 2. The minimum absolute atomic E-state index is 0.386. The lowest BCUT2D eigenvalue weighted by molar-refractivity contribution is 0.275. The second kappa shape index (κ2) is 5.35.